The zero-order chi connectivity index (χ0) is 17.6. The average molecular weight is 337 g/mol. The Morgan fingerprint density at radius 2 is 1.84 bits per heavy atom. The minimum Gasteiger partial charge on any atom is -0.464 e. The smallest absolute Gasteiger partial charge is 0.302 e. The lowest BCUT2D eigenvalue weighted by Crippen LogP contribution is -2.32. The summed E-state index contributed by atoms with van der Waals surface area (Å²) in [7, 11) is 0. The molecular weight excluding hydrogens is 314 g/mol. The van der Waals surface area contributed by atoms with Gasteiger partial charge in [0, 0.05) is 19.2 Å². The SMILES string of the molecule is CC(=O)OCCN1CCCc2cc(N=Nc3ccc(C)cc3)ccc21. The van der Waals surface area contributed by atoms with Gasteiger partial charge in [-0.25, -0.2) is 0 Å². The first-order chi connectivity index (χ1) is 12.1. The summed E-state index contributed by atoms with van der Waals surface area (Å²) in [6.07, 6.45) is 2.12. The van der Waals surface area contributed by atoms with Crippen LogP contribution in [0.4, 0.5) is 17.1 Å². The molecule has 0 amide bonds. The maximum Gasteiger partial charge on any atom is 0.302 e. The van der Waals surface area contributed by atoms with Crippen LogP contribution in [0.3, 0.4) is 0 Å². The van der Waals surface area contributed by atoms with Gasteiger partial charge < -0.3 is 9.64 Å². The van der Waals surface area contributed by atoms with E-state index in [4.69, 9.17) is 4.74 Å². The van der Waals surface area contributed by atoms with Crippen molar-refractivity contribution in [1.29, 1.82) is 0 Å². The summed E-state index contributed by atoms with van der Waals surface area (Å²) in [4.78, 5) is 13.2. The highest BCUT2D eigenvalue weighted by molar-refractivity contribution is 5.66. The van der Waals surface area contributed by atoms with Crippen molar-refractivity contribution in [1.82, 2.24) is 0 Å². The van der Waals surface area contributed by atoms with Gasteiger partial charge in [-0.2, -0.15) is 10.2 Å². The van der Waals surface area contributed by atoms with Crippen LogP contribution in [0, 0.1) is 6.92 Å². The number of benzene rings is 2. The Kier molecular flexibility index (Phi) is 5.43. The van der Waals surface area contributed by atoms with Gasteiger partial charge in [0.1, 0.15) is 6.61 Å². The first kappa shape index (κ1) is 17.1. The fourth-order valence-electron chi connectivity index (χ4n) is 2.98. The van der Waals surface area contributed by atoms with Crippen LogP contribution in [0.5, 0.6) is 0 Å². The van der Waals surface area contributed by atoms with Crippen molar-refractivity contribution in [2.24, 2.45) is 10.2 Å². The number of aryl methyl sites for hydroxylation is 2. The third-order valence-corrected chi connectivity index (χ3v) is 4.26. The van der Waals surface area contributed by atoms with Gasteiger partial charge in [-0.3, -0.25) is 4.79 Å². The number of esters is 1. The molecular formula is C20H23N3O2. The standard InChI is InChI=1S/C20H23N3O2/c1-15-5-7-18(8-6-15)21-22-19-9-10-20-17(14-19)4-3-11-23(20)12-13-25-16(2)24/h5-10,14H,3-4,11-13H2,1-2H3. The second kappa shape index (κ2) is 7.92. The second-order valence-electron chi connectivity index (χ2n) is 6.28. The van der Waals surface area contributed by atoms with Gasteiger partial charge in [-0.15, -0.1) is 0 Å². The van der Waals surface area contributed by atoms with E-state index >= 15 is 0 Å². The number of hydrogen-bond donors (Lipinski definition) is 0. The quantitative estimate of drug-likeness (QED) is 0.585. The number of carbonyl (C=O) groups excluding carboxylic acids is 1. The summed E-state index contributed by atoms with van der Waals surface area (Å²) in [6.45, 7) is 5.62. The normalized spacial score (nSPS) is 13.8. The predicted molar refractivity (Wildman–Crippen MR) is 99.0 cm³/mol. The van der Waals surface area contributed by atoms with E-state index in [-0.39, 0.29) is 5.97 Å². The monoisotopic (exact) mass is 337 g/mol. The maximum atomic E-state index is 10.9. The van der Waals surface area contributed by atoms with Crippen molar-refractivity contribution >= 4 is 23.0 Å². The number of rotatable bonds is 5. The fourth-order valence-corrected chi connectivity index (χ4v) is 2.98. The molecule has 2 aromatic rings. The predicted octanol–water partition coefficient (Wildman–Crippen LogP) is 4.73. The van der Waals surface area contributed by atoms with E-state index in [1.54, 1.807) is 0 Å². The van der Waals surface area contributed by atoms with Crippen molar-refractivity contribution < 1.29 is 9.53 Å². The Labute approximate surface area is 148 Å². The van der Waals surface area contributed by atoms with Crippen LogP contribution < -0.4 is 4.90 Å². The molecule has 1 heterocycles. The third kappa shape index (κ3) is 4.66. The molecule has 5 heteroatoms. The highest BCUT2D eigenvalue weighted by Crippen LogP contribution is 2.31. The van der Waals surface area contributed by atoms with E-state index in [1.165, 1.54) is 23.7 Å². The van der Waals surface area contributed by atoms with E-state index in [1.807, 2.05) is 30.3 Å². The lowest BCUT2D eigenvalue weighted by atomic mass is 10.0. The van der Waals surface area contributed by atoms with Crippen LogP contribution in [-0.2, 0) is 16.0 Å². The van der Waals surface area contributed by atoms with Gasteiger partial charge in [0.2, 0.25) is 0 Å². The topological polar surface area (TPSA) is 54.3 Å². The molecule has 3 rings (SSSR count). The van der Waals surface area contributed by atoms with Crippen molar-refractivity contribution in [2.45, 2.75) is 26.7 Å². The van der Waals surface area contributed by atoms with Crippen LogP contribution in [0.1, 0.15) is 24.5 Å². The number of fused-ring (bicyclic) bond motifs is 1. The molecule has 25 heavy (non-hydrogen) atoms. The van der Waals surface area contributed by atoms with Crippen LogP contribution in [-0.4, -0.2) is 25.7 Å². The van der Waals surface area contributed by atoms with Gasteiger partial charge in [-0.05, 0) is 55.7 Å². The number of ether oxygens (including phenoxy) is 1. The van der Waals surface area contributed by atoms with E-state index in [9.17, 15) is 4.79 Å². The third-order valence-electron chi connectivity index (χ3n) is 4.26. The van der Waals surface area contributed by atoms with Crippen LogP contribution >= 0.6 is 0 Å². The number of azo groups is 1. The zero-order valence-electron chi connectivity index (χ0n) is 14.7. The minimum absolute atomic E-state index is 0.232. The molecule has 0 saturated heterocycles. The molecule has 1 aliphatic heterocycles. The number of carbonyl (C=O) groups is 1. The molecule has 1 aliphatic rings. The lowest BCUT2D eigenvalue weighted by molar-refractivity contribution is -0.140. The van der Waals surface area contributed by atoms with Crippen LogP contribution in [0.25, 0.3) is 0 Å². The van der Waals surface area contributed by atoms with Gasteiger partial charge in [0.05, 0.1) is 17.9 Å². The Bertz CT molecular complexity index is 769. The molecule has 0 unspecified atom stereocenters. The van der Waals surface area contributed by atoms with Crippen molar-refractivity contribution in [3.63, 3.8) is 0 Å². The second-order valence-corrected chi connectivity index (χ2v) is 6.28. The molecule has 0 bridgehead atoms. The van der Waals surface area contributed by atoms with Crippen molar-refractivity contribution in [3.05, 3.63) is 53.6 Å². The summed E-state index contributed by atoms with van der Waals surface area (Å²) in [5.41, 5.74) is 5.40. The van der Waals surface area contributed by atoms with Gasteiger partial charge in [-0.1, -0.05) is 17.7 Å². The van der Waals surface area contributed by atoms with Crippen molar-refractivity contribution in [3.8, 4) is 0 Å². The molecule has 0 atom stereocenters. The molecule has 0 N–H and O–H groups in total. The highest BCUT2D eigenvalue weighted by Gasteiger charge is 2.17. The average Bonchev–Trinajstić information content (AvgIpc) is 2.61. The highest BCUT2D eigenvalue weighted by atomic mass is 16.5. The van der Waals surface area contributed by atoms with E-state index in [0.29, 0.717) is 6.61 Å². The van der Waals surface area contributed by atoms with E-state index < -0.39 is 0 Å². The summed E-state index contributed by atoms with van der Waals surface area (Å²) in [5.74, 6) is -0.232. The summed E-state index contributed by atoms with van der Waals surface area (Å²) in [5, 5.41) is 8.67. The minimum atomic E-state index is -0.232. The Morgan fingerprint density at radius 1 is 1.12 bits per heavy atom. The molecule has 0 radical (unpaired) electrons. The largest absolute Gasteiger partial charge is 0.464 e. The van der Waals surface area contributed by atoms with Gasteiger partial charge >= 0.3 is 5.97 Å². The summed E-state index contributed by atoms with van der Waals surface area (Å²) >= 11 is 0. The molecule has 0 fully saturated rings. The first-order valence-corrected chi connectivity index (χ1v) is 8.61. The fraction of sp³-hybridized carbons (Fsp3) is 0.350. The molecule has 0 aromatic heterocycles. The van der Waals surface area contributed by atoms with E-state index in [0.717, 1.165) is 37.3 Å². The number of anilines is 1. The molecule has 0 saturated carbocycles. The Balaban J connectivity index is 1.70. The maximum absolute atomic E-state index is 10.9. The lowest BCUT2D eigenvalue weighted by Gasteiger charge is -2.31. The van der Waals surface area contributed by atoms with Crippen LogP contribution in [0.2, 0.25) is 0 Å². The summed E-state index contributed by atoms with van der Waals surface area (Å²) in [6, 6.07) is 14.2. The molecule has 5 nitrogen and oxygen atoms in total. The van der Waals surface area contributed by atoms with Crippen molar-refractivity contribution in [2.75, 3.05) is 24.6 Å². The van der Waals surface area contributed by atoms with Gasteiger partial charge in [0.15, 0.2) is 0 Å². The molecule has 0 spiro atoms. The Hall–Kier alpha value is -2.69. The Morgan fingerprint density at radius 3 is 2.60 bits per heavy atom. The molecule has 0 aliphatic carbocycles. The van der Waals surface area contributed by atoms with E-state index in [2.05, 4.69) is 34.2 Å². The van der Waals surface area contributed by atoms with Crippen LogP contribution in [0.15, 0.2) is 52.7 Å². The zero-order valence-corrected chi connectivity index (χ0v) is 14.7. The number of nitrogens with zero attached hydrogens (tertiary/aromatic N) is 3. The summed E-state index contributed by atoms with van der Waals surface area (Å²) < 4.78 is 5.07. The van der Waals surface area contributed by atoms with Gasteiger partial charge in [0.25, 0.3) is 0 Å². The first-order valence-electron chi connectivity index (χ1n) is 8.61. The number of hydrogen-bond acceptors (Lipinski definition) is 5. The molecule has 130 valence electrons. The molecule has 2 aromatic carbocycles.